The topological polar surface area (TPSA) is 32.3 Å². The van der Waals surface area contributed by atoms with Gasteiger partial charge in [0.1, 0.15) is 5.82 Å². The SMILES string of the molecule is CSCC(NCc1ccc(F)c(CO)c1)c1ccccc1. The van der Waals surface area contributed by atoms with Crippen LogP contribution >= 0.6 is 11.8 Å². The standard InChI is InChI=1S/C17H20FNOS/c1-21-12-17(14-5-3-2-4-6-14)19-10-13-7-8-16(18)15(9-13)11-20/h2-9,17,19-20H,10-12H2,1H3. The van der Waals surface area contributed by atoms with Crippen LogP contribution in [0, 0.1) is 5.82 Å². The summed E-state index contributed by atoms with van der Waals surface area (Å²) in [5, 5.41) is 12.6. The van der Waals surface area contributed by atoms with E-state index in [4.69, 9.17) is 5.11 Å². The maximum atomic E-state index is 13.4. The number of hydrogen-bond donors (Lipinski definition) is 2. The lowest BCUT2D eigenvalue weighted by molar-refractivity contribution is 0.275. The smallest absolute Gasteiger partial charge is 0.128 e. The molecule has 0 radical (unpaired) electrons. The first-order valence-electron chi connectivity index (χ1n) is 6.90. The van der Waals surface area contributed by atoms with Gasteiger partial charge in [0.05, 0.1) is 6.61 Å². The van der Waals surface area contributed by atoms with Gasteiger partial charge in [-0.2, -0.15) is 11.8 Å². The third-order valence-electron chi connectivity index (χ3n) is 3.37. The fourth-order valence-electron chi connectivity index (χ4n) is 2.23. The fraction of sp³-hybridized carbons (Fsp3) is 0.294. The molecule has 0 heterocycles. The third kappa shape index (κ3) is 4.56. The van der Waals surface area contributed by atoms with E-state index < -0.39 is 0 Å². The normalized spacial score (nSPS) is 12.3. The van der Waals surface area contributed by atoms with E-state index in [0.29, 0.717) is 12.1 Å². The van der Waals surface area contributed by atoms with Crippen LogP contribution in [0.3, 0.4) is 0 Å². The van der Waals surface area contributed by atoms with Gasteiger partial charge in [-0.25, -0.2) is 4.39 Å². The summed E-state index contributed by atoms with van der Waals surface area (Å²) in [7, 11) is 0. The molecule has 0 aliphatic rings. The fourth-order valence-corrected chi connectivity index (χ4v) is 2.87. The van der Waals surface area contributed by atoms with Gasteiger partial charge in [0.2, 0.25) is 0 Å². The second-order valence-corrected chi connectivity index (χ2v) is 5.79. The molecule has 112 valence electrons. The van der Waals surface area contributed by atoms with E-state index in [1.165, 1.54) is 11.6 Å². The van der Waals surface area contributed by atoms with Crippen LogP contribution in [0.15, 0.2) is 48.5 Å². The number of halogens is 1. The minimum atomic E-state index is -0.357. The maximum absolute atomic E-state index is 13.4. The van der Waals surface area contributed by atoms with Gasteiger partial charge in [-0.15, -0.1) is 0 Å². The summed E-state index contributed by atoms with van der Waals surface area (Å²) in [5.74, 6) is 0.614. The zero-order chi connectivity index (χ0) is 15.1. The van der Waals surface area contributed by atoms with Crippen LogP contribution < -0.4 is 5.32 Å². The lowest BCUT2D eigenvalue weighted by Gasteiger charge is -2.18. The molecule has 0 aliphatic heterocycles. The molecule has 1 unspecified atom stereocenters. The van der Waals surface area contributed by atoms with Crippen molar-refractivity contribution in [3.63, 3.8) is 0 Å². The lowest BCUT2D eigenvalue weighted by Crippen LogP contribution is -2.23. The monoisotopic (exact) mass is 305 g/mol. The van der Waals surface area contributed by atoms with Gasteiger partial charge in [0, 0.05) is 23.9 Å². The average Bonchev–Trinajstić information content (AvgIpc) is 2.53. The van der Waals surface area contributed by atoms with Crippen LogP contribution in [0.1, 0.15) is 22.7 Å². The largest absolute Gasteiger partial charge is 0.392 e. The summed E-state index contributed by atoms with van der Waals surface area (Å²) in [6, 6.07) is 15.4. The second-order valence-electron chi connectivity index (χ2n) is 4.88. The van der Waals surface area contributed by atoms with Crippen LogP contribution in [0.4, 0.5) is 4.39 Å². The van der Waals surface area contributed by atoms with E-state index in [-0.39, 0.29) is 18.5 Å². The lowest BCUT2D eigenvalue weighted by atomic mass is 10.1. The Morgan fingerprint density at radius 1 is 1.19 bits per heavy atom. The number of thioether (sulfide) groups is 1. The predicted octanol–water partition coefficient (Wildman–Crippen LogP) is 3.51. The van der Waals surface area contributed by atoms with E-state index >= 15 is 0 Å². The van der Waals surface area contributed by atoms with E-state index in [1.54, 1.807) is 23.9 Å². The molecule has 0 spiro atoms. The molecule has 2 aromatic rings. The molecule has 0 amide bonds. The molecule has 0 saturated carbocycles. The first-order chi connectivity index (χ1) is 10.2. The Hall–Kier alpha value is -1.36. The molecular weight excluding hydrogens is 285 g/mol. The molecule has 2 aromatic carbocycles. The molecule has 0 bridgehead atoms. The van der Waals surface area contributed by atoms with Crippen LogP contribution in [0.25, 0.3) is 0 Å². The van der Waals surface area contributed by atoms with E-state index in [1.807, 2.05) is 18.2 Å². The number of nitrogens with one attached hydrogen (secondary N) is 1. The van der Waals surface area contributed by atoms with Crippen molar-refractivity contribution in [3.05, 3.63) is 71.0 Å². The first-order valence-corrected chi connectivity index (χ1v) is 8.29. The molecule has 2 rings (SSSR count). The number of hydrogen-bond acceptors (Lipinski definition) is 3. The van der Waals surface area contributed by atoms with E-state index in [9.17, 15) is 4.39 Å². The Kier molecular flexibility index (Phi) is 6.23. The highest BCUT2D eigenvalue weighted by atomic mass is 32.2. The molecule has 0 aromatic heterocycles. The zero-order valence-electron chi connectivity index (χ0n) is 12.1. The minimum Gasteiger partial charge on any atom is -0.392 e. The van der Waals surface area contributed by atoms with Crippen molar-refractivity contribution in [2.45, 2.75) is 19.2 Å². The number of rotatable bonds is 7. The minimum absolute atomic E-state index is 0.254. The van der Waals surface area contributed by atoms with Gasteiger partial charge in [0.15, 0.2) is 0 Å². The molecule has 21 heavy (non-hydrogen) atoms. The Bertz CT molecular complexity index is 562. The molecular formula is C17H20FNOS. The van der Waals surface area contributed by atoms with E-state index in [2.05, 4.69) is 23.7 Å². The summed E-state index contributed by atoms with van der Waals surface area (Å²) in [5.41, 5.74) is 2.56. The zero-order valence-corrected chi connectivity index (χ0v) is 12.9. The van der Waals surface area contributed by atoms with Crippen LogP contribution in [0.2, 0.25) is 0 Å². The number of aliphatic hydroxyl groups is 1. The molecule has 0 saturated heterocycles. The molecule has 4 heteroatoms. The summed E-state index contributed by atoms with van der Waals surface area (Å²) < 4.78 is 13.4. The molecule has 0 aliphatic carbocycles. The number of benzene rings is 2. The van der Waals surface area contributed by atoms with Gasteiger partial charge in [0.25, 0.3) is 0 Å². The summed E-state index contributed by atoms with van der Waals surface area (Å²) in [6.45, 7) is 0.375. The molecule has 2 N–H and O–H groups in total. The Balaban J connectivity index is 2.05. The summed E-state index contributed by atoms with van der Waals surface area (Å²) >= 11 is 1.79. The van der Waals surface area contributed by atoms with Crippen molar-refractivity contribution in [1.29, 1.82) is 0 Å². The van der Waals surface area contributed by atoms with Gasteiger partial charge >= 0.3 is 0 Å². The Morgan fingerprint density at radius 3 is 2.62 bits per heavy atom. The van der Waals surface area contributed by atoms with Crippen LogP contribution in [-0.2, 0) is 13.2 Å². The van der Waals surface area contributed by atoms with Crippen LogP contribution in [-0.4, -0.2) is 17.1 Å². The van der Waals surface area contributed by atoms with Gasteiger partial charge in [-0.1, -0.05) is 36.4 Å². The molecule has 2 nitrogen and oxygen atoms in total. The highest BCUT2D eigenvalue weighted by Gasteiger charge is 2.10. The van der Waals surface area contributed by atoms with Gasteiger partial charge < -0.3 is 10.4 Å². The highest BCUT2D eigenvalue weighted by molar-refractivity contribution is 7.98. The van der Waals surface area contributed by atoms with Crippen molar-refractivity contribution in [3.8, 4) is 0 Å². The first kappa shape index (κ1) is 16.0. The second kappa shape index (κ2) is 8.17. The Morgan fingerprint density at radius 2 is 1.95 bits per heavy atom. The van der Waals surface area contributed by atoms with Crippen molar-refractivity contribution in [2.24, 2.45) is 0 Å². The maximum Gasteiger partial charge on any atom is 0.128 e. The van der Waals surface area contributed by atoms with Crippen molar-refractivity contribution < 1.29 is 9.50 Å². The third-order valence-corrected chi connectivity index (χ3v) is 4.03. The molecule has 0 fully saturated rings. The van der Waals surface area contributed by atoms with Crippen molar-refractivity contribution in [2.75, 3.05) is 12.0 Å². The summed E-state index contributed by atoms with van der Waals surface area (Å²) in [4.78, 5) is 0. The van der Waals surface area contributed by atoms with Crippen molar-refractivity contribution >= 4 is 11.8 Å². The van der Waals surface area contributed by atoms with Crippen LogP contribution in [0.5, 0.6) is 0 Å². The quantitative estimate of drug-likeness (QED) is 0.821. The van der Waals surface area contributed by atoms with E-state index in [0.717, 1.165) is 11.3 Å². The van der Waals surface area contributed by atoms with Gasteiger partial charge in [-0.3, -0.25) is 0 Å². The highest BCUT2D eigenvalue weighted by Crippen LogP contribution is 2.18. The molecule has 1 atom stereocenters. The predicted molar refractivity (Wildman–Crippen MR) is 86.7 cm³/mol. The summed E-state index contributed by atoms with van der Waals surface area (Å²) in [6.07, 6.45) is 2.08. The van der Waals surface area contributed by atoms with Crippen molar-refractivity contribution in [1.82, 2.24) is 5.32 Å². The Labute approximate surface area is 129 Å². The number of aliphatic hydroxyl groups excluding tert-OH is 1. The van der Waals surface area contributed by atoms with Gasteiger partial charge in [-0.05, 0) is 29.5 Å². The average molecular weight is 305 g/mol.